The average Bonchev–Trinajstić information content (AvgIpc) is 3.69. The number of imidazole rings is 1. The molecule has 0 radical (unpaired) electrons. The second kappa shape index (κ2) is 13.0. The van der Waals surface area contributed by atoms with Crippen molar-refractivity contribution in [3.05, 3.63) is 117 Å². The molecule has 3 heterocycles. The van der Waals surface area contributed by atoms with Crippen molar-refractivity contribution in [3.8, 4) is 5.82 Å². The maximum Gasteiger partial charge on any atom is 0.416 e. The number of amides is 1. The highest BCUT2D eigenvalue weighted by Crippen LogP contribution is 2.29. The number of nitrogens with zero attached hydrogens (tertiary/aromatic N) is 4. The quantitative estimate of drug-likeness (QED) is 0.161. The van der Waals surface area contributed by atoms with Crippen LogP contribution >= 0.6 is 22.9 Å². The fourth-order valence-electron chi connectivity index (χ4n) is 4.08. The number of alkyl halides is 3. The van der Waals surface area contributed by atoms with Gasteiger partial charge < -0.3 is 16.0 Å². The van der Waals surface area contributed by atoms with Gasteiger partial charge in [-0.15, -0.1) is 11.3 Å². The lowest BCUT2D eigenvalue weighted by Crippen LogP contribution is -2.41. The van der Waals surface area contributed by atoms with Crippen molar-refractivity contribution in [2.75, 3.05) is 10.6 Å². The highest BCUT2D eigenvalue weighted by Gasteiger charge is 2.30. The third kappa shape index (κ3) is 7.86. The molecule has 0 aliphatic heterocycles. The van der Waals surface area contributed by atoms with E-state index in [2.05, 4.69) is 30.9 Å². The Morgan fingerprint density at radius 1 is 1.00 bits per heavy atom. The average molecular weight is 612 g/mol. The van der Waals surface area contributed by atoms with Crippen LogP contribution in [0.2, 0.25) is 5.02 Å². The van der Waals surface area contributed by atoms with Gasteiger partial charge in [0, 0.05) is 47.9 Å². The van der Waals surface area contributed by atoms with Crippen LogP contribution in [0.4, 0.5) is 24.9 Å². The summed E-state index contributed by atoms with van der Waals surface area (Å²) in [6.07, 6.45) is 0.917. The molecule has 8 nitrogen and oxygen atoms in total. The molecule has 0 saturated carbocycles. The SMILES string of the molecule is O=C(NCc1ccc(C(F)(F)F)cc1)[C@@H](Cc1cccs1)Nc1cc(-n2ccnc2)nc(NCc2cccc(Cl)c2)n1. The zero-order valence-corrected chi connectivity index (χ0v) is 23.5. The Morgan fingerprint density at radius 3 is 2.52 bits per heavy atom. The van der Waals surface area contributed by atoms with Gasteiger partial charge in [-0.3, -0.25) is 9.36 Å². The predicted octanol–water partition coefficient (Wildman–Crippen LogP) is 6.35. The molecule has 0 aliphatic carbocycles. The first-order valence-electron chi connectivity index (χ1n) is 12.8. The molecule has 2 aromatic carbocycles. The summed E-state index contributed by atoms with van der Waals surface area (Å²) in [5, 5.41) is 11.8. The second-order valence-corrected chi connectivity index (χ2v) is 10.7. The molecule has 0 saturated heterocycles. The molecule has 5 rings (SSSR count). The first-order chi connectivity index (χ1) is 20.2. The first-order valence-corrected chi connectivity index (χ1v) is 14.1. The van der Waals surface area contributed by atoms with E-state index in [1.165, 1.54) is 23.5 Å². The van der Waals surface area contributed by atoms with Gasteiger partial charge in [-0.1, -0.05) is 41.9 Å². The van der Waals surface area contributed by atoms with Crippen molar-refractivity contribution in [2.24, 2.45) is 0 Å². The van der Waals surface area contributed by atoms with Gasteiger partial charge in [0.25, 0.3) is 0 Å². The minimum absolute atomic E-state index is 0.0656. The van der Waals surface area contributed by atoms with Crippen LogP contribution in [0.3, 0.4) is 0 Å². The molecule has 216 valence electrons. The van der Waals surface area contributed by atoms with Crippen molar-refractivity contribution in [2.45, 2.75) is 31.7 Å². The van der Waals surface area contributed by atoms with Crippen LogP contribution in [0.25, 0.3) is 5.82 Å². The molecule has 0 bridgehead atoms. The van der Waals surface area contributed by atoms with E-state index in [-0.39, 0.29) is 12.5 Å². The van der Waals surface area contributed by atoms with Crippen molar-refractivity contribution in [3.63, 3.8) is 0 Å². The fourth-order valence-corrected chi connectivity index (χ4v) is 5.05. The number of halogens is 4. The number of rotatable bonds is 11. The largest absolute Gasteiger partial charge is 0.416 e. The van der Waals surface area contributed by atoms with E-state index in [4.69, 9.17) is 11.6 Å². The molecule has 3 aromatic heterocycles. The van der Waals surface area contributed by atoms with Crippen LogP contribution in [0.1, 0.15) is 21.6 Å². The zero-order chi connectivity index (χ0) is 29.5. The van der Waals surface area contributed by atoms with Gasteiger partial charge in [0.15, 0.2) is 0 Å². The maximum atomic E-state index is 13.4. The van der Waals surface area contributed by atoms with E-state index in [0.29, 0.717) is 41.1 Å². The Hall–Kier alpha value is -4.42. The fraction of sp³-hybridized carbons (Fsp3) is 0.172. The van der Waals surface area contributed by atoms with E-state index >= 15 is 0 Å². The van der Waals surface area contributed by atoms with Gasteiger partial charge in [-0.05, 0) is 46.8 Å². The number of benzene rings is 2. The minimum Gasteiger partial charge on any atom is -0.358 e. The van der Waals surface area contributed by atoms with E-state index < -0.39 is 17.8 Å². The molecule has 0 aliphatic rings. The molecule has 42 heavy (non-hydrogen) atoms. The zero-order valence-electron chi connectivity index (χ0n) is 22.0. The molecular weight excluding hydrogens is 587 g/mol. The number of thiophene rings is 1. The summed E-state index contributed by atoms with van der Waals surface area (Å²) in [4.78, 5) is 27.6. The molecule has 3 N–H and O–H groups in total. The normalized spacial score (nSPS) is 12.1. The Kier molecular flexibility index (Phi) is 9.03. The number of nitrogens with one attached hydrogen (secondary N) is 3. The van der Waals surface area contributed by atoms with Gasteiger partial charge in [0.2, 0.25) is 11.9 Å². The summed E-state index contributed by atoms with van der Waals surface area (Å²) in [5.41, 5.74) is 0.738. The summed E-state index contributed by atoms with van der Waals surface area (Å²) in [6, 6.07) is 16.9. The molecule has 0 unspecified atom stereocenters. The van der Waals surface area contributed by atoms with Crippen LogP contribution in [0.5, 0.6) is 0 Å². The van der Waals surface area contributed by atoms with Gasteiger partial charge in [-0.25, -0.2) is 4.98 Å². The summed E-state index contributed by atoms with van der Waals surface area (Å²) < 4.78 is 40.5. The summed E-state index contributed by atoms with van der Waals surface area (Å²) in [6.45, 7) is 0.482. The third-order valence-corrected chi connectivity index (χ3v) is 7.33. The topological polar surface area (TPSA) is 96.8 Å². The smallest absolute Gasteiger partial charge is 0.358 e. The van der Waals surface area contributed by atoms with E-state index in [1.54, 1.807) is 35.4 Å². The molecule has 0 fully saturated rings. The van der Waals surface area contributed by atoms with Crippen molar-refractivity contribution < 1.29 is 18.0 Å². The van der Waals surface area contributed by atoms with Crippen molar-refractivity contribution in [1.29, 1.82) is 0 Å². The Balaban J connectivity index is 1.35. The standard InChI is InChI=1S/C29H25ClF3N7OS/c30-22-4-1-3-20(13-22)17-36-28-38-25(15-26(39-28)40-11-10-34-18-40)37-24(14-23-5-2-12-42-23)27(41)35-16-19-6-8-21(9-7-19)29(31,32)33/h1-13,15,18,24H,14,16-17H2,(H,35,41)(H2,36,37,38,39)/t24-/m1/s1. The number of hydrogen-bond acceptors (Lipinski definition) is 7. The second-order valence-electron chi connectivity index (χ2n) is 9.28. The first kappa shape index (κ1) is 29.1. The van der Waals surface area contributed by atoms with Crippen LogP contribution in [0, 0.1) is 0 Å². The van der Waals surface area contributed by atoms with Gasteiger partial charge >= 0.3 is 6.18 Å². The number of aromatic nitrogens is 4. The van der Waals surface area contributed by atoms with Crippen molar-refractivity contribution >= 4 is 40.6 Å². The molecule has 1 atom stereocenters. The number of carbonyl (C=O) groups is 1. The number of hydrogen-bond donors (Lipinski definition) is 3. The predicted molar refractivity (Wildman–Crippen MR) is 157 cm³/mol. The Labute approximate surface area is 248 Å². The summed E-state index contributed by atoms with van der Waals surface area (Å²) >= 11 is 7.63. The Bertz CT molecular complexity index is 1610. The monoisotopic (exact) mass is 611 g/mol. The van der Waals surface area contributed by atoms with Crippen LogP contribution < -0.4 is 16.0 Å². The van der Waals surface area contributed by atoms with E-state index in [9.17, 15) is 18.0 Å². The lowest BCUT2D eigenvalue weighted by molar-refractivity contribution is -0.137. The third-order valence-electron chi connectivity index (χ3n) is 6.19. The Morgan fingerprint density at radius 2 is 1.83 bits per heavy atom. The van der Waals surface area contributed by atoms with Gasteiger partial charge in [0.1, 0.15) is 24.0 Å². The van der Waals surface area contributed by atoms with Gasteiger partial charge in [0.05, 0.1) is 5.56 Å². The van der Waals surface area contributed by atoms with Crippen LogP contribution in [0.15, 0.2) is 90.8 Å². The minimum atomic E-state index is -4.42. The maximum absolute atomic E-state index is 13.4. The van der Waals surface area contributed by atoms with Crippen LogP contribution in [-0.2, 0) is 30.5 Å². The summed E-state index contributed by atoms with van der Waals surface area (Å²) in [7, 11) is 0. The number of carbonyl (C=O) groups excluding carboxylic acids is 1. The van der Waals surface area contributed by atoms with Gasteiger partial charge in [-0.2, -0.15) is 23.1 Å². The molecule has 13 heteroatoms. The molecule has 0 spiro atoms. The lowest BCUT2D eigenvalue weighted by Gasteiger charge is -2.20. The molecule has 5 aromatic rings. The highest BCUT2D eigenvalue weighted by molar-refractivity contribution is 7.09. The highest BCUT2D eigenvalue weighted by atomic mass is 35.5. The number of anilines is 2. The molecular formula is C29H25ClF3N7OS. The molecule has 1 amide bonds. The van der Waals surface area contributed by atoms with Crippen LogP contribution in [-0.4, -0.2) is 31.5 Å². The van der Waals surface area contributed by atoms with E-state index in [1.807, 2.05) is 35.7 Å². The van der Waals surface area contributed by atoms with E-state index in [0.717, 1.165) is 22.6 Å². The lowest BCUT2D eigenvalue weighted by atomic mass is 10.1. The summed E-state index contributed by atoms with van der Waals surface area (Å²) in [5.74, 6) is 0.912. The van der Waals surface area contributed by atoms with Crippen molar-refractivity contribution in [1.82, 2.24) is 24.8 Å².